The second-order valence-electron chi connectivity index (χ2n) is 6.19. The number of rotatable bonds is 10. The molecule has 0 saturated heterocycles. The predicted octanol–water partition coefficient (Wildman–Crippen LogP) is 4.09. The van der Waals surface area contributed by atoms with E-state index in [2.05, 4.69) is 15.5 Å². The number of unbranched alkanes of at least 4 members (excludes halogenated alkanes) is 2. The third-order valence-corrected chi connectivity index (χ3v) is 4.96. The SMILES string of the molecule is COCc1ccc(C(=O)NCCCCCc2nc(-c3cccs3)no2)cc1. The monoisotopic (exact) mass is 385 g/mol. The van der Waals surface area contributed by atoms with Crippen LogP contribution in [0.4, 0.5) is 0 Å². The molecular formula is C20H23N3O3S. The van der Waals surface area contributed by atoms with E-state index in [9.17, 15) is 4.79 Å². The second-order valence-corrected chi connectivity index (χ2v) is 7.13. The van der Waals surface area contributed by atoms with E-state index >= 15 is 0 Å². The smallest absolute Gasteiger partial charge is 0.251 e. The number of benzene rings is 1. The fraction of sp³-hybridized carbons (Fsp3) is 0.350. The number of hydrogen-bond donors (Lipinski definition) is 1. The lowest BCUT2D eigenvalue weighted by molar-refractivity contribution is 0.0953. The Labute approximate surface area is 162 Å². The zero-order valence-corrected chi connectivity index (χ0v) is 16.1. The molecule has 1 amide bonds. The van der Waals surface area contributed by atoms with Crippen molar-refractivity contribution in [2.24, 2.45) is 0 Å². The van der Waals surface area contributed by atoms with Gasteiger partial charge in [0.2, 0.25) is 11.7 Å². The number of aryl methyl sites for hydroxylation is 1. The maximum atomic E-state index is 12.1. The van der Waals surface area contributed by atoms with Crippen LogP contribution in [0.15, 0.2) is 46.3 Å². The summed E-state index contributed by atoms with van der Waals surface area (Å²) in [4.78, 5) is 17.5. The summed E-state index contributed by atoms with van der Waals surface area (Å²) in [6, 6.07) is 11.4. The Morgan fingerprint density at radius 3 is 2.78 bits per heavy atom. The van der Waals surface area contributed by atoms with Gasteiger partial charge in [0.1, 0.15) is 0 Å². The van der Waals surface area contributed by atoms with Gasteiger partial charge in [-0.2, -0.15) is 4.98 Å². The summed E-state index contributed by atoms with van der Waals surface area (Å²) in [5.74, 6) is 1.28. The summed E-state index contributed by atoms with van der Waals surface area (Å²) in [5.41, 5.74) is 1.72. The van der Waals surface area contributed by atoms with Crippen molar-refractivity contribution >= 4 is 17.2 Å². The van der Waals surface area contributed by atoms with E-state index < -0.39 is 0 Å². The van der Waals surface area contributed by atoms with Crippen molar-refractivity contribution in [3.8, 4) is 10.7 Å². The molecule has 2 aromatic heterocycles. The normalized spacial score (nSPS) is 10.9. The number of methoxy groups -OCH3 is 1. The summed E-state index contributed by atoms with van der Waals surface area (Å²) < 4.78 is 10.4. The number of aromatic nitrogens is 2. The van der Waals surface area contributed by atoms with E-state index in [0.29, 0.717) is 30.4 Å². The van der Waals surface area contributed by atoms with Crippen LogP contribution in [-0.2, 0) is 17.8 Å². The Bertz CT molecular complexity index is 829. The van der Waals surface area contributed by atoms with Crippen molar-refractivity contribution in [1.82, 2.24) is 15.5 Å². The van der Waals surface area contributed by atoms with Crippen LogP contribution < -0.4 is 5.32 Å². The minimum absolute atomic E-state index is 0.0449. The zero-order valence-electron chi connectivity index (χ0n) is 15.3. The topological polar surface area (TPSA) is 77.2 Å². The van der Waals surface area contributed by atoms with Gasteiger partial charge in [0.25, 0.3) is 5.91 Å². The average Bonchev–Trinajstić information content (AvgIpc) is 3.37. The minimum Gasteiger partial charge on any atom is -0.380 e. The Morgan fingerprint density at radius 2 is 2.04 bits per heavy atom. The first-order valence-electron chi connectivity index (χ1n) is 8.99. The highest BCUT2D eigenvalue weighted by Gasteiger charge is 2.09. The number of amides is 1. The van der Waals surface area contributed by atoms with Gasteiger partial charge >= 0.3 is 0 Å². The van der Waals surface area contributed by atoms with E-state index in [1.807, 2.05) is 41.8 Å². The van der Waals surface area contributed by atoms with Crippen molar-refractivity contribution in [1.29, 1.82) is 0 Å². The number of nitrogens with zero attached hydrogens (tertiary/aromatic N) is 2. The number of hydrogen-bond acceptors (Lipinski definition) is 6. The fourth-order valence-electron chi connectivity index (χ4n) is 2.66. The number of carbonyl (C=O) groups excluding carboxylic acids is 1. The molecule has 3 aromatic rings. The van der Waals surface area contributed by atoms with Gasteiger partial charge in [0.15, 0.2) is 0 Å². The fourth-order valence-corrected chi connectivity index (χ4v) is 3.31. The van der Waals surface area contributed by atoms with Crippen LogP contribution >= 0.6 is 11.3 Å². The quantitative estimate of drug-likeness (QED) is 0.532. The lowest BCUT2D eigenvalue weighted by Gasteiger charge is -2.06. The van der Waals surface area contributed by atoms with Gasteiger partial charge in [-0.15, -0.1) is 11.3 Å². The van der Waals surface area contributed by atoms with E-state index in [1.54, 1.807) is 18.4 Å². The van der Waals surface area contributed by atoms with Crippen LogP contribution in [0.5, 0.6) is 0 Å². The Balaban J connectivity index is 1.32. The molecule has 142 valence electrons. The molecule has 0 bridgehead atoms. The molecule has 27 heavy (non-hydrogen) atoms. The molecule has 3 rings (SSSR count). The minimum atomic E-state index is -0.0449. The Hall–Kier alpha value is -2.51. The van der Waals surface area contributed by atoms with Crippen LogP contribution in [0.2, 0.25) is 0 Å². The lowest BCUT2D eigenvalue weighted by atomic mass is 10.1. The summed E-state index contributed by atoms with van der Waals surface area (Å²) in [7, 11) is 1.65. The largest absolute Gasteiger partial charge is 0.380 e. The highest BCUT2D eigenvalue weighted by Crippen LogP contribution is 2.21. The van der Waals surface area contributed by atoms with Crippen molar-refractivity contribution in [2.75, 3.05) is 13.7 Å². The first-order valence-corrected chi connectivity index (χ1v) is 9.87. The standard InChI is InChI=1S/C20H23N3O3S/c1-25-14-15-8-10-16(11-9-15)20(24)21-12-4-2-3-7-18-22-19(23-26-18)17-6-5-13-27-17/h5-6,8-11,13H,2-4,7,12,14H2,1H3,(H,21,24). The predicted molar refractivity (Wildman–Crippen MR) is 105 cm³/mol. The van der Waals surface area contributed by atoms with Crippen LogP contribution in [0, 0.1) is 0 Å². The number of nitrogens with one attached hydrogen (secondary N) is 1. The molecule has 0 saturated carbocycles. The molecule has 0 radical (unpaired) electrons. The highest BCUT2D eigenvalue weighted by molar-refractivity contribution is 7.13. The van der Waals surface area contributed by atoms with Gasteiger partial charge < -0.3 is 14.6 Å². The molecule has 2 heterocycles. The zero-order chi connectivity index (χ0) is 18.9. The van der Waals surface area contributed by atoms with Gasteiger partial charge in [0, 0.05) is 25.6 Å². The highest BCUT2D eigenvalue weighted by atomic mass is 32.1. The van der Waals surface area contributed by atoms with Gasteiger partial charge in [-0.1, -0.05) is 29.8 Å². The third kappa shape index (κ3) is 5.74. The van der Waals surface area contributed by atoms with Crippen LogP contribution in [0.25, 0.3) is 10.7 Å². The van der Waals surface area contributed by atoms with Gasteiger partial charge in [0.05, 0.1) is 11.5 Å². The second kappa shape index (κ2) is 9.99. The average molecular weight is 385 g/mol. The first kappa shape index (κ1) is 19.3. The molecule has 0 spiro atoms. The van der Waals surface area contributed by atoms with Gasteiger partial charge in [-0.25, -0.2) is 0 Å². The lowest BCUT2D eigenvalue weighted by Crippen LogP contribution is -2.24. The first-order chi connectivity index (χ1) is 13.3. The Kier molecular flexibility index (Phi) is 7.12. The molecule has 1 aromatic carbocycles. The van der Waals surface area contributed by atoms with E-state index in [1.165, 1.54) is 0 Å². The van der Waals surface area contributed by atoms with Crippen molar-refractivity contribution < 1.29 is 14.1 Å². The molecule has 6 nitrogen and oxygen atoms in total. The van der Waals surface area contributed by atoms with Crippen molar-refractivity contribution in [3.05, 3.63) is 58.8 Å². The molecule has 7 heteroatoms. The Morgan fingerprint density at radius 1 is 1.19 bits per heavy atom. The summed E-state index contributed by atoms with van der Waals surface area (Å²) >= 11 is 1.60. The molecule has 0 aliphatic rings. The number of ether oxygens (including phenoxy) is 1. The third-order valence-electron chi connectivity index (χ3n) is 4.09. The maximum Gasteiger partial charge on any atom is 0.251 e. The molecule has 0 aliphatic heterocycles. The van der Waals surface area contributed by atoms with Crippen LogP contribution in [-0.4, -0.2) is 29.7 Å². The maximum absolute atomic E-state index is 12.1. The van der Waals surface area contributed by atoms with E-state index in [4.69, 9.17) is 9.26 Å². The van der Waals surface area contributed by atoms with Crippen molar-refractivity contribution in [3.63, 3.8) is 0 Å². The van der Waals surface area contributed by atoms with E-state index in [-0.39, 0.29) is 5.91 Å². The molecule has 0 unspecified atom stereocenters. The van der Waals surface area contributed by atoms with Gasteiger partial charge in [-0.05, 0) is 42.0 Å². The summed E-state index contributed by atoms with van der Waals surface area (Å²) in [6.07, 6.45) is 3.62. The summed E-state index contributed by atoms with van der Waals surface area (Å²) in [6.45, 7) is 1.21. The molecule has 0 fully saturated rings. The van der Waals surface area contributed by atoms with Crippen LogP contribution in [0.3, 0.4) is 0 Å². The van der Waals surface area contributed by atoms with E-state index in [0.717, 1.165) is 36.1 Å². The molecular weight excluding hydrogens is 362 g/mol. The molecule has 1 N–H and O–H groups in total. The van der Waals surface area contributed by atoms with Crippen LogP contribution in [0.1, 0.15) is 41.1 Å². The number of carbonyl (C=O) groups is 1. The van der Waals surface area contributed by atoms with Crippen molar-refractivity contribution in [2.45, 2.75) is 32.3 Å². The van der Waals surface area contributed by atoms with Gasteiger partial charge in [-0.3, -0.25) is 4.79 Å². The molecule has 0 atom stereocenters. The molecule has 0 aliphatic carbocycles. The number of thiophene rings is 1. The summed E-state index contributed by atoms with van der Waals surface area (Å²) in [5, 5.41) is 8.95.